The Morgan fingerprint density at radius 1 is 1.31 bits per heavy atom. The Morgan fingerprint density at radius 2 is 2.08 bits per heavy atom. The van der Waals surface area contributed by atoms with Crippen molar-refractivity contribution in [2.45, 2.75) is 6.54 Å². The van der Waals surface area contributed by atoms with Gasteiger partial charge in [0.1, 0.15) is 32.7 Å². The summed E-state index contributed by atoms with van der Waals surface area (Å²) in [5, 5.41) is 0. The molecule has 3 heteroatoms. The first kappa shape index (κ1) is 8.78. The second-order valence-corrected chi connectivity index (χ2v) is 3.96. The second-order valence-electron chi connectivity index (χ2n) is 3.96. The Kier molecular flexibility index (Phi) is 2.66. The number of hydrogen-bond donors (Lipinski definition) is 2. The minimum Gasteiger partial charge on any atom is -0.463 e. The molecule has 1 aliphatic rings. The average Bonchev–Trinajstić information content (AvgIpc) is 2.62. The van der Waals surface area contributed by atoms with E-state index in [1.165, 1.54) is 26.2 Å². The van der Waals surface area contributed by atoms with Gasteiger partial charge in [-0.2, -0.15) is 0 Å². The van der Waals surface area contributed by atoms with Crippen molar-refractivity contribution >= 4 is 0 Å². The van der Waals surface area contributed by atoms with Crippen LogP contribution in [0, 0.1) is 0 Å². The molecule has 0 amide bonds. The zero-order valence-corrected chi connectivity index (χ0v) is 8.18. The molecule has 1 saturated heterocycles. The number of nitrogens with one attached hydrogen (secondary N) is 2. The first-order chi connectivity index (χ1) is 6.34. The summed E-state index contributed by atoms with van der Waals surface area (Å²) in [5.74, 6) is 1.12. The van der Waals surface area contributed by atoms with Crippen LogP contribution in [0.3, 0.4) is 0 Å². The van der Waals surface area contributed by atoms with Gasteiger partial charge in [-0.05, 0) is 12.1 Å². The van der Waals surface area contributed by atoms with Crippen LogP contribution < -0.4 is 9.80 Å². The molecular weight excluding hydrogens is 164 g/mol. The van der Waals surface area contributed by atoms with E-state index in [1.807, 2.05) is 6.07 Å². The minimum absolute atomic E-state index is 1.06. The SMILES string of the molecule is C[NH+]1CC[NH+](Cc2ccco2)CC1. The Hall–Kier alpha value is -0.800. The first-order valence-corrected chi connectivity index (χ1v) is 5.02. The highest BCUT2D eigenvalue weighted by Crippen LogP contribution is 1.96. The molecule has 0 unspecified atom stereocenters. The van der Waals surface area contributed by atoms with Gasteiger partial charge in [0.25, 0.3) is 0 Å². The molecule has 2 rings (SSSR count). The third-order valence-electron chi connectivity index (χ3n) is 2.81. The third-order valence-corrected chi connectivity index (χ3v) is 2.81. The molecule has 0 spiro atoms. The van der Waals surface area contributed by atoms with Crippen molar-refractivity contribution in [3.63, 3.8) is 0 Å². The molecule has 1 aromatic heterocycles. The Morgan fingerprint density at radius 3 is 2.69 bits per heavy atom. The van der Waals surface area contributed by atoms with Crippen molar-refractivity contribution in [2.75, 3.05) is 33.2 Å². The molecule has 0 atom stereocenters. The minimum atomic E-state index is 1.06. The topological polar surface area (TPSA) is 22.0 Å². The predicted molar refractivity (Wildman–Crippen MR) is 49.7 cm³/mol. The molecule has 1 aromatic rings. The fourth-order valence-electron chi connectivity index (χ4n) is 1.87. The van der Waals surface area contributed by atoms with Crippen LogP contribution >= 0.6 is 0 Å². The lowest BCUT2D eigenvalue weighted by Crippen LogP contribution is -3.26. The number of likely N-dealkylation sites (N-methyl/N-ethyl adjacent to an activating group) is 1. The summed E-state index contributed by atoms with van der Waals surface area (Å²) in [5.41, 5.74) is 0. The highest BCUT2D eigenvalue weighted by atomic mass is 16.3. The van der Waals surface area contributed by atoms with Gasteiger partial charge in [0.15, 0.2) is 5.76 Å². The maximum absolute atomic E-state index is 5.34. The molecule has 0 saturated carbocycles. The van der Waals surface area contributed by atoms with Gasteiger partial charge in [0, 0.05) is 0 Å². The average molecular weight is 182 g/mol. The highest BCUT2D eigenvalue weighted by Gasteiger charge is 2.20. The number of hydrogen-bond acceptors (Lipinski definition) is 1. The van der Waals surface area contributed by atoms with Crippen molar-refractivity contribution in [2.24, 2.45) is 0 Å². The van der Waals surface area contributed by atoms with Gasteiger partial charge in [-0.25, -0.2) is 0 Å². The molecule has 2 heterocycles. The number of piperazine rings is 1. The van der Waals surface area contributed by atoms with Crippen LogP contribution in [0.15, 0.2) is 22.8 Å². The van der Waals surface area contributed by atoms with E-state index < -0.39 is 0 Å². The fourth-order valence-corrected chi connectivity index (χ4v) is 1.87. The van der Waals surface area contributed by atoms with E-state index in [4.69, 9.17) is 4.42 Å². The van der Waals surface area contributed by atoms with Crippen LogP contribution in [0.5, 0.6) is 0 Å². The molecular formula is C10H18N2O+2. The smallest absolute Gasteiger partial charge is 0.157 e. The van der Waals surface area contributed by atoms with Crippen molar-refractivity contribution in [3.05, 3.63) is 24.2 Å². The van der Waals surface area contributed by atoms with Crippen LogP contribution in [-0.2, 0) is 6.54 Å². The molecule has 0 aromatic carbocycles. The van der Waals surface area contributed by atoms with E-state index in [0.29, 0.717) is 0 Å². The summed E-state index contributed by atoms with van der Waals surface area (Å²) >= 11 is 0. The van der Waals surface area contributed by atoms with Crippen molar-refractivity contribution in [3.8, 4) is 0 Å². The van der Waals surface area contributed by atoms with E-state index in [9.17, 15) is 0 Å². The molecule has 1 aliphatic heterocycles. The molecule has 2 N–H and O–H groups in total. The van der Waals surface area contributed by atoms with Gasteiger partial charge in [0.05, 0.1) is 13.3 Å². The summed E-state index contributed by atoms with van der Waals surface area (Å²) in [7, 11) is 2.27. The zero-order valence-electron chi connectivity index (χ0n) is 8.18. The van der Waals surface area contributed by atoms with Gasteiger partial charge >= 0.3 is 0 Å². The van der Waals surface area contributed by atoms with Crippen molar-refractivity contribution < 1.29 is 14.2 Å². The number of furan rings is 1. The van der Waals surface area contributed by atoms with Gasteiger partial charge in [-0.1, -0.05) is 0 Å². The lowest BCUT2D eigenvalue weighted by atomic mass is 10.3. The predicted octanol–water partition coefficient (Wildman–Crippen LogP) is -1.81. The molecule has 0 bridgehead atoms. The molecule has 13 heavy (non-hydrogen) atoms. The van der Waals surface area contributed by atoms with Gasteiger partial charge in [-0.3, -0.25) is 0 Å². The van der Waals surface area contributed by atoms with Gasteiger partial charge in [-0.15, -0.1) is 0 Å². The maximum atomic E-state index is 5.34. The van der Waals surface area contributed by atoms with Crippen LogP contribution in [0.25, 0.3) is 0 Å². The molecule has 1 fully saturated rings. The van der Waals surface area contributed by atoms with E-state index >= 15 is 0 Å². The summed E-state index contributed by atoms with van der Waals surface area (Å²) in [6.07, 6.45) is 1.76. The van der Waals surface area contributed by atoms with Crippen molar-refractivity contribution in [1.29, 1.82) is 0 Å². The first-order valence-electron chi connectivity index (χ1n) is 5.02. The lowest BCUT2D eigenvalue weighted by Gasteiger charge is -2.26. The Balaban J connectivity index is 1.83. The summed E-state index contributed by atoms with van der Waals surface area (Å²) < 4.78 is 5.34. The Labute approximate surface area is 78.9 Å². The van der Waals surface area contributed by atoms with Gasteiger partial charge in [0.2, 0.25) is 0 Å². The fraction of sp³-hybridized carbons (Fsp3) is 0.600. The molecule has 0 aliphatic carbocycles. The third kappa shape index (κ3) is 2.32. The Bertz CT molecular complexity index is 237. The molecule has 72 valence electrons. The van der Waals surface area contributed by atoms with E-state index in [1.54, 1.807) is 16.1 Å². The van der Waals surface area contributed by atoms with E-state index in [-0.39, 0.29) is 0 Å². The number of rotatable bonds is 2. The quantitative estimate of drug-likeness (QED) is 0.553. The molecule has 3 nitrogen and oxygen atoms in total. The monoisotopic (exact) mass is 182 g/mol. The zero-order chi connectivity index (χ0) is 9.10. The summed E-state index contributed by atoms with van der Waals surface area (Å²) in [6.45, 7) is 6.17. The lowest BCUT2D eigenvalue weighted by molar-refractivity contribution is -1.01. The van der Waals surface area contributed by atoms with Crippen molar-refractivity contribution in [1.82, 2.24) is 0 Å². The van der Waals surface area contributed by atoms with Crippen LogP contribution in [0.1, 0.15) is 5.76 Å². The standard InChI is InChI=1S/C10H16N2O/c1-11-4-6-12(7-5-11)9-10-3-2-8-13-10/h2-3,8H,4-7,9H2,1H3/p+2. The number of quaternary nitrogens is 2. The maximum Gasteiger partial charge on any atom is 0.157 e. The largest absolute Gasteiger partial charge is 0.463 e. The second kappa shape index (κ2) is 3.94. The normalized spacial score (nSPS) is 29.0. The van der Waals surface area contributed by atoms with Gasteiger partial charge < -0.3 is 14.2 Å². The van der Waals surface area contributed by atoms with Crippen LogP contribution in [-0.4, -0.2) is 33.2 Å². The van der Waals surface area contributed by atoms with E-state index in [0.717, 1.165) is 12.3 Å². The van der Waals surface area contributed by atoms with Crippen LogP contribution in [0.2, 0.25) is 0 Å². The summed E-state index contributed by atoms with van der Waals surface area (Å²) in [4.78, 5) is 3.31. The summed E-state index contributed by atoms with van der Waals surface area (Å²) in [6, 6.07) is 4.04. The van der Waals surface area contributed by atoms with E-state index in [2.05, 4.69) is 13.1 Å². The molecule has 0 radical (unpaired) electrons. The highest BCUT2D eigenvalue weighted by molar-refractivity contribution is 4.95. The van der Waals surface area contributed by atoms with Crippen LogP contribution in [0.4, 0.5) is 0 Å².